The molecule has 1 atom stereocenters. The molecule has 4 nitrogen and oxygen atoms in total. The van der Waals surface area contributed by atoms with E-state index >= 15 is 0 Å². The smallest absolute Gasteiger partial charge is 0.258 e. The van der Waals surface area contributed by atoms with Gasteiger partial charge in [-0.25, -0.2) is 0 Å². The van der Waals surface area contributed by atoms with E-state index in [1.807, 2.05) is 23.1 Å². The van der Waals surface area contributed by atoms with Crippen LogP contribution < -0.4 is 10.2 Å². The van der Waals surface area contributed by atoms with E-state index in [-0.39, 0.29) is 17.9 Å². The van der Waals surface area contributed by atoms with Crippen molar-refractivity contribution in [1.82, 2.24) is 5.32 Å². The van der Waals surface area contributed by atoms with Gasteiger partial charge in [-0.05, 0) is 55.7 Å². The fraction of sp³-hybridized carbons (Fsp3) is 0.364. The lowest BCUT2D eigenvalue weighted by atomic mass is 10.1. The molecule has 4 heteroatoms. The number of rotatable bonds is 6. The van der Waals surface area contributed by atoms with Crippen LogP contribution in [0, 0.1) is 0 Å². The van der Waals surface area contributed by atoms with E-state index in [1.54, 1.807) is 24.3 Å². The highest BCUT2D eigenvalue weighted by molar-refractivity contribution is 6.08. The second kappa shape index (κ2) is 8.17. The molecule has 0 aromatic heterocycles. The third kappa shape index (κ3) is 3.79. The molecule has 1 aliphatic heterocycles. The standard InChI is InChI=1S/C22H26N2O2/c1-3-4-7-14-23-21(25)17-10-12-18(13-11-17)22(26)24-16(2)15-19-8-5-6-9-20(19)24/h5-6,8-13,16H,3-4,7,14-15H2,1-2H3,(H,23,25). The molecular weight excluding hydrogens is 324 g/mol. The highest BCUT2D eigenvalue weighted by Crippen LogP contribution is 2.33. The third-order valence-corrected chi connectivity index (χ3v) is 4.89. The van der Waals surface area contributed by atoms with E-state index in [0.29, 0.717) is 17.7 Å². The lowest BCUT2D eigenvalue weighted by Crippen LogP contribution is -2.35. The molecule has 0 saturated heterocycles. The normalized spacial score (nSPS) is 15.6. The van der Waals surface area contributed by atoms with Gasteiger partial charge in [0.2, 0.25) is 0 Å². The highest BCUT2D eigenvalue weighted by atomic mass is 16.2. The Morgan fingerprint density at radius 1 is 1.04 bits per heavy atom. The van der Waals surface area contributed by atoms with E-state index in [2.05, 4.69) is 25.2 Å². The number of anilines is 1. The number of para-hydroxylation sites is 1. The summed E-state index contributed by atoms with van der Waals surface area (Å²) < 4.78 is 0. The van der Waals surface area contributed by atoms with Gasteiger partial charge in [0, 0.05) is 29.4 Å². The molecule has 0 fully saturated rings. The predicted molar refractivity (Wildman–Crippen MR) is 105 cm³/mol. The number of benzene rings is 2. The average molecular weight is 350 g/mol. The maximum Gasteiger partial charge on any atom is 0.258 e. The van der Waals surface area contributed by atoms with E-state index in [9.17, 15) is 9.59 Å². The van der Waals surface area contributed by atoms with Crippen LogP contribution in [-0.2, 0) is 6.42 Å². The lowest BCUT2D eigenvalue weighted by Gasteiger charge is -2.23. The zero-order chi connectivity index (χ0) is 18.5. The van der Waals surface area contributed by atoms with E-state index in [0.717, 1.165) is 31.4 Å². The van der Waals surface area contributed by atoms with Crippen LogP contribution in [0.3, 0.4) is 0 Å². The van der Waals surface area contributed by atoms with Gasteiger partial charge in [0.05, 0.1) is 0 Å². The average Bonchev–Trinajstić information content (AvgIpc) is 3.00. The first kappa shape index (κ1) is 18.2. The number of nitrogens with zero attached hydrogens (tertiary/aromatic N) is 1. The minimum atomic E-state index is -0.0833. The van der Waals surface area contributed by atoms with Crippen molar-refractivity contribution in [3.8, 4) is 0 Å². The molecule has 0 spiro atoms. The number of hydrogen-bond donors (Lipinski definition) is 1. The van der Waals surface area contributed by atoms with Crippen LogP contribution in [0.25, 0.3) is 0 Å². The molecule has 3 rings (SSSR count). The van der Waals surface area contributed by atoms with Crippen molar-refractivity contribution in [2.75, 3.05) is 11.4 Å². The van der Waals surface area contributed by atoms with Gasteiger partial charge in [-0.1, -0.05) is 38.0 Å². The van der Waals surface area contributed by atoms with E-state index in [1.165, 1.54) is 5.56 Å². The van der Waals surface area contributed by atoms with Gasteiger partial charge < -0.3 is 10.2 Å². The molecular formula is C22H26N2O2. The maximum atomic E-state index is 13.0. The van der Waals surface area contributed by atoms with Crippen LogP contribution in [0.15, 0.2) is 48.5 Å². The summed E-state index contributed by atoms with van der Waals surface area (Å²) >= 11 is 0. The molecule has 2 aromatic carbocycles. The Hall–Kier alpha value is -2.62. The van der Waals surface area contributed by atoms with Crippen LogP contribution >= 0.6 is 0 Å². The van der Waals surface area contributed by atoms with Crippen molar-refractivity contribution in [3.05, 3.63) is 65.2 Å². The highest BCUT2D eigenvalue weighted by Gasteiger charge is 2.31. The van der Waals surface area contributed by atoms with Crippen LogP contribution in [0.5, 0.6) is 0 Å². The fourth-order valence-electron chi connectivity index (χ4n) is 3.46. The molecule has 2 aromatic rings. The Labute approximate surface area is 155 Å². The minimum absolute atomic E-state index is 0.0163. The third-order valence-electron chi connectivity index (χ3n) is 4.89. The van der Waals surface area contributed by atoms with E-state index < -0.39 is 0 Å². The number of amides is 2. The SMILES string of the molecule is CCCCCNC(=O)c1ccc(C(=O)N2c3ccccc3CC2C)cc1. The summed E-state index contributed by atoms with van der Waals surface area (Å²) in [6, 6.07) is 15.1. The zero-order valence-corrected chi connectivity index (χ0v) is 15.5. The summed E-state index contributed by atoms with van der Waals surface area (Å²) in [7, 11) is 0. The summed E-state index contributed by atoms with van der Waals surface area (Å²) in [5.74, 6) is -0.0997. The summed E-state index contributed by atoms with van der Waals surface area (Å²) in [6.45, 7) is 4.89. The van der Waals surface area contributed by atoms with Crippen molar-refractivity contribution in [1.29, 1.82) is 0 Å². The molecule has 26 heavy (non-hydrogen) atoms. The topological polar surface area (TPSA) is 49.4 Å². The molecule has 0 bridgehead atoms. The second-order valence-corrected chi connectivity index (χ2v) is 6.90. The first-order valence-electron chi connectivity index (χ1n) is 9.41. The first-order chi connectivity index (χ1) is 12.6. The Morgan fingerprint density at radius 2 is 1.73 bits per heavy atom. The van der Waals surface area contributed by atoms with Gasteiger partial charge in [-0.2, -0.15) is 0 Å². The molecule has 0 saturated carbocycles. The number of carbonyl (C=O) groups excluding carboxylic acids is 2. The fourth-order valence-corrected chi connectivity index (χ4v) is 3.46. The van der Waals surface area contributed by atoms with Crippen LogP contribution in [0.4, 0.5) is 5.69 Å². The Bertz CT molecular complexity index is 783. The second-order valence-electron chi connectivity index (χ2n) is 6.90. The molecule has 1 heterocycles. The first-order valence-corrected chi connectivity index (χ1v) is 9.41. The van der Waals surface area contributed by atoms with Crippen molar-refractivity contribution >= 4 is 17.5 Å². The number of hydrogen-bond acceptors (Lipinski definition) is 2. The van der Waals surface area contributed by atoms with Gasteiger partial charge in [0.1, 0.15) is 0 Å². The van der Waals surface area contributed by atoms with Crippen LogP contribution in [0.2, 0.25) is 0 Å². The zero-order valence-electron chi connectivity index (χ0n) is 15.5. The van der Waals surface area contributed by atoms with Gasteiger partial charge in [-0.15, -0.1) is 0 Å². The summed E-state index contributed by atoms with van der Waals surface area (Å²) in [5.41, 5.74) is 3.39. The van der Waals surface area contributed by atoms with E-state index in [4.69, 9.17) is 0 Å². The van der Waals surface area contributed by atoms with Crippen molar-refractivity contribution < 1.29 is 9.59 Å². The molecule has 2 amide bonds. The Balaban J connectivity index is 1.69. The van der Waals surface area contributed by atoms with Crippen molar-refractivity contribution in [2.24, 2.45) is 0 Å². The van der Waals surface area contributed by atoms with Gasteiger partial charge in [0.25, 0.3) is 11.8 Å². The summed E-state index contributed by atoms with van der Waals surface area (Å²) in [6.07, 6.45) is 4.11. The van der Waals surface area contributed by atoms with Crippen LogP contribution in [0.1, 0.15) is 59.4 Å². The predicted octanol–water partition coefficient (Wildman–Crippen LogP) is 4.20. The minimum Gasteiger partial charge on any atom is -0.352 e. The monoisotopic (exact) mass is 350 g/mol. The number of unbranched alkanes of at least 4 members (excludes halogenated alkanes) is 2. The number of carbonyl (C=O) groups is 2. The van der Waals surface area contributed by atoms with Crippen molar-refractivity contribution in [3.63, 3.8) is 0 Å². The van der Waals surface area contributed by atoms with Crippen LogP contribution in [-0.4, -0.2) is 24.4 Å². The Kier molecular flexibility index (Phi) is 5.71. The van der Waals surface area contributed by atoms with Gasteiger partial charge in [0.15, 0.2) is 0 Å². The molecule has 136 valence electrons. The molecule has 0 radical (unpaired) electrons. The molecule has 0 aliphatic carbocycles. The number of nitrogens with one attached hydrogen (secondary N) is 1. The quantitative estimate of drug-likeness (QED) is 0.794. The molecule has 1 aliphatic rings. The summed E-state index contributed by atoms with van der Waals surface area (Å²) in [4.78, 5) is 27.0. The largest absolute Gasteiger partial charge is 0.352 e. The molecule has 1 unspecified atom stereocenters. The summed E-state index contributed by atoms with van der Waals surface area (Å²) in [5, 5.41) is 2.92. The maximum absolute atomic E-state index is 13.0. The van der Waals surface area contributed by atoms with Gasteiger partial charge >= 0.3 is 0 Å². The van der Waals surface area contributed by atoms with Crippen molar-refractivity contribution in [2.45, 2.75) is 45.6 Å². The molecule has 1 N–H and O–H groups in total. The Morgan fingerprint density at radius 3 is 2.46 bits per heavy atom. The number of fused-ring (bicyclic) bond motifs is 1. The lowest BCUT2D eigenvalue weighted by molar-refractivity contribution is 0.0948. The van der Waals surface area contributed by atoms with Gasteiger partial charge in [-0.3, -0.25) is 9.59 Å².